The molecule has 1 aromatic carbocycles. The van der Waals surface area contributed by atoms with Gasteiger partial charge in [0.05, 0.1) is 10.9 Å². The van der Waals surface area contributed by atoms with Crippen LogP contribution in [0, 0.1) is 11.3 Å². The van der Waals surface area contributed by atoms with E-state index in [1.54, 1.807) is 6.07 Å². The Morgan fingerprint density at radius 2 is 1.93 bits per heavy atom. The Morgan fingerprint density at radius 1 is 1.27 bits per heavy atom. The van der Waals surface area contributed by atoms with Crippen molar-refractivity contribution >= 4 is 42.8 Å². The van der Waals surface area contributed by atoms with Crippen LogP contribution in [0.25, 0.3) is 10.9 Å². The summed E-state index contributed by atoms with van der Waals surface area (Å²) in [6.07, 6.45) is 1.42. The van der Waals surface area contributed by atoms with Crippen molar-refractivity contribution in [3.63, 3.8) is 0 Å². The number of hydrogen-bond acceptors (Lipinski definition) is 2. The predicted molar refractivity (Wildman–Crippen MR) is 64.7 cm³/mol. The molecule has 0 spiro atoms. The Hall–Kier alpha value is -1.12. The number of nitrogens with zero attached hydrogens (tertiary/aromatic N) is 1. The standard InChI is InChI=1S/C10H4Br2N2O/c11-6-1-2-7(12)9-8(6)10(15)5(3-13)4-14-9/h1-2,4H,(H,14,15). The lowest BCUT2D eigenvalue weighted by atomic mass is 10.1. The first-order valence-electron chi connectivity index (χ1n) is 4.04. The molecule has 0 radical (unpaired) electrons. The second-order valence-electron chi connectivity index (χ2n) is 2.92. The van der Waals surface area contributed by atoms with E-state index in [1.807, 2.05) is 12.1 Å². The Kier molecular flexibility index (Phi) is 2.63. The zero-order valence-corrected chi connectivity index (χ0v) is 10.5. The molecule has 5 heteroatoms. The molecule has 1 heterocycles. The molecule has 0 saturated heterocycles. The Balaban J connectivity index is 3.07. The third-order valence-corrected chi connectivity index (χ3v) is 3.38. The second-order valence-corrected chi connectivity index (χ2v) is 4.63. The van der Waals surface area contributed by atoms with Gasteiger partial charge in [-0.25, -0.2) is 0 Å². The van der Waals surface area contributed by atoms with Crippen molar-refractivity contribution in [1.29, 1.82) is 5.26 Å². The fourth-order valence-electron chi connectivity index (χ4n) is 1.34. The summed E-state index contributed by atoms with van der Waals surface area (Å²) in [6.45, 7) is 0. The minimum atomic E-state index is -0.264. The number of rotatable bonds is 0. The first kappa shape index (κ1) is 10.4. The zero-order valence-electron chi connectivity index (χ0n) is 7.34. The third-order valence-electron chi connectivity index (χ3n) is 2.06. The summed E-state index contributed by atoms with van der Waals surface area (Å²) in [6, 6.07) is 5.45. The number of pyridine rings is 1. The van der Waals surface area contributed by atoms with Crippen molar-refractivity contribution in [1.82, 2.24) is 4.98 Å². The van der Waals surface area contributed by atoms with E-state index >= 15 is 0 Å². The average Bonchev–Trinajstić information content (AvgIpc) is 2.23. The fourth-order valence-corrected chi connectivity index (χ4v) is 2.30. The molecule has 15 heavy (non-hydrogen) atoms. The van der Waals surface area contributed by atoms with Crippen LogP contribution >= 0.6 is 31.9 Å². The molecule has 1 aromatic heterocycles. The van der Waals surface area contributed by atoms with Crippen LogP contribution in [0.5, 0.6) is 0 Å². The molecule has 0 aliphatic carbocycles. The number of fused-ring (bicyclic) bond motifs is 1. The van der Waals surface area contributed by atoms with Crippen molar-refractivity contribution < 1.29 is 0 Å². The van der Waals surface area contributed by atoms with Crippen LogP contribution < -0.4 is 5.43 Å². The van der Waals surface area contributed by atoms with Crippen molar-refractivity contribution in [3.8, 4) is 6.07 Å². The van der Waals surface area contributed by atoms with Gasteiger partial charge in [0.15, 0.2) is 0 Å². The van der Waals surface area contributed by atoms with Gasteiger partial charge in [-0.05, 0) is 44.0 Å². The number of benzene rings is 1. The van der Waals surface area contributed by atoms with Crippen LogP contribution in [0.15, 0.2) is 32.1 Å². The molecule has 0 aliphatic heterocycles. The molecule has 3 nitrogen and oxygen atoms in total. The van der Waals surface area contributed by atoms with Crippen LogP contribution in [0.2, 0.25) is 0 Å². The molecular weight excluding hydrogens is 324 g/mol. The monoisotopic (exact) mass is 326 g/mol. The predicted octanol–water partition coefficient (Wildman–Crippen LogP) is 2.92. The summed E-state index contributed by atoms with van der Waals surface area (Å²) in [5, 5.41) is 9.23. The van der Waals surface area contributed by atoms with Crippen molar-refractivity contribution in [2.24, 2.45) is 0 Å². The second kappa shape index (κ2) is 3.80. The SMILES string of the molecule is N#Cc1c[nH]c2c(Br)ccc(Br)c2c1=O. The first-order valence-corrected chi connectivity index (χ1v) is 5.63. The lowest BCUT2D eigenvalue weighted by Crippen LogP contribution is -2.07. The quantitative estimate of drug-likeness (QED) is 0.808. The number of nitriles is 1. The normalized spacial score (nSPS) is 10.2. The fraction of sp³-hybridized carbons (Fsp3) is 0. The van der Waals surface area contributed by atoms with Gasteiger partial charge in [0.2, 0.25) is 5.43 Å². The Morgan fingerprint density at radius 3 is 2.60 bits per heavy atom. The van der Waals surface area contributed by atoms with Gasteiger partial charge in [0.1, 0.15) is 11.6 Å². The van der Waals surface area contributed by atoms with Crippen LogP contribution in [0.1, 0.15) is 5.56 Å². The number of nitrogens with one attached hydrogen (secondary N) is 1. The Bertz CT molecular complexity index is 640. The van der Waals surface area contributed by atoms with Gasteiger partial charge in [-0.3, -0.25) is 4.79 Å². The molecule has 2 aromatic rings. The highest BCUT2D eigenvalue weighted by molar-refractivity contribution is 9.11. The molecular formula is C10H4Br2N2O. The summed E-state index contributed by atoms with van der Waals surface area (Å²) in [7, 11) is 0. The van der Waals surface area contributed by atoms with E-state index in [1.165, 1.54) is 6.20 Å². The van der Waals surface area contributed by atoms with Gasteiger partial charge in [0.25, 0.3) is 0 Å². The minimum absolute atomic E-state index is 0.112. The number of H-pyrrole nitrogens is 1. The molecule has 0 aliphatic rings. The third kappa shape index (κ3) is 1.60. The summed E-state index contributed by atoms with van der Waals surface area (Å²) >= 11 is 6.63. The maximum absolute atomic E-state index is 11.8. The number of aromatic amines is 1. The molecule has 0 unspecified atom stereocenters. The highest BCUT2D eigenvalue weighted by Gasteiger charge is 2.09. The smallest absolute Gasteiger partial charge is 0.208 e. The van der Waals surface area contributed by atoms with Gasteiger partial charge in [-0.1, -0.05) is 0 Å². The highest BCUT2D eigenvalue weighted by Crippen LogP contribution is 2.26. The topological polar surface area (TPSA) is 56.6 Å². The summed E-state index contributed by atoms with van der Waals surface area (Å²) in [4.78, 5) is 14.8. The highest BCUT2D eigenvalue weighted by atomic mass is 79.9. The van der Waals surface area contributed by atoms with Crippen molar-refractivity contribution in [2.75, 3.05) is 0 Å². The van der Waals surface area contributed by atoms with E-state index in [4.69, 9.17) is 5.26 Å². The number of halogens is 2. The number of hydrogen-bond donors (Lipinski definition) is 1. The van der Waals surface area contributed by atoms with Gasteiger partial charge in [-0.2, -0.15) is 5.26 Å². The van der Waals surface area contributed by atoms with Crippen LogP contribution in [0.3, 0.4) is 0 Å². The molecule has 0 fully saturated rings. The largest absolute Gasteiger partial charge is 0.359 e. The zero-order chi connectivity index (χ0) is 11.0. The first-order chi connectivity index (χ1) is 7.15. The molecule has 0 saturated carbocycles. The molecule has 0 atom stereocenters. The maximum atomic E-state index is 11.8. The van der Waals surface area contributed by atoms with Crippen molar-refractivity contribution in [2.45, 2.75) is 0 Å². The van der Waals surface area contributed by atoms with E-state index in [0.29, 0.717) is 15.4 Å². The van der Waals surface area contributed by atoms with Crippen LogP contribution in [-0.4, -0.2) is 4.98 Å². The van der Waals surface area contributed by atoms with Gasteiger partial charge >= 0.3 is 0 Å². The van der Waals surface area contributed by atoms with E-state index in [-0.39, 0.29) is 11.0 Å². The molecule has 0 amide bonds. The summed E-state index contributed by atoms with van der Waals surface area (Å²) in [5.41, 5.74) is 0.536. The number of aromatic nitrogens is 1. The summed E-state index contributed by atoms with van der Waals surface area (Å²) < 4.78 is 1.47. The van der Waals surface area contributed by atoms with E-state index in [9.17, 15) is 4.79 Å². The van der Waals surface area contributed by atoms with Crippen LogP contribution in [0.4, 0.5) is 0 Å². The minimum Gasteiger partial charge on any atom is -0.359 e. The molecule has 0 bridgehead atoms. The lowest BCUT2D eigenvalue weighted by molar-refractivity contribution is 1.33. The van der Waals surface area contributed by atoms with Gasteiger partial charge in [0, 0.05) is 15.1 Å². The van der Waals surface area contributed by atoms with E-state index in [2.05, 4.69) is 36.8 Å². The van der Waals surface area contributed by atoms with E-state index in [0.717, 1.165) is 4.47 Å². The molecule has 2 rings (SSSR count). The molecule has 1 N–H and O–H groups in total. The molecule has 74 valence electrons. The van der Waals surface area contributed by atoms with Gasteiger partial charge < -0.3 is 4.98 Å². The lowest BCUT2D eigenvalue weighted by Gasteiger charge is -2.02. The maximum Gasteiger partial charge on any atom is 0.208 e. The van der Waals surface area contributed by atoms with Crippen LogP contribution in [-0.2, 0) is 0 Å². The Labute approximate surface area is 102 Å². The van der Waals surface area contributed by atoms with Crippen molar-refractivity contribution in [3.05, 3.63) is 43.1 Å². The average molecular weight is 328 g/mol. The van der Waals surface area contributed by atoms with Gasteiger partial charge in [-0.15, -0.1) is 0 Å². The summed E-state index contributed by atoms with van der Waals surface area (Å²) in [5.74, 6) is 0. The van der Waals surface area contributed by atoms with E-state index < -0.39 is 0 Å².